The molecule has 0 radical (unpaired) electrons. The number of hydrogen-bond acceptors (Lipinski definition) is 5. The molecule has 184 valence electrons. The van der Waals surface area contributed by atoms with E-state index in [-0.39, 0.29) is 31.4 Å². The summed E-state index contributed by atoms with van der Waals surface area (Å²) in [6.07, 6.45) is 1.58. The zero-order chi connectivity index (χ0) is 24.6. The summed E-state index contributed by atoms with van der Waals surface area (Å²) < 4.78 is 32.3. The van der Waals surface area contributed by atoms with Crippen molar-refractivity contribution in [1.29, 1.82) is 0 Å². The highest BCUT2D eigenvalue weighted by Crippen LogP contribution is 2.28. The van der Waals surface area contributed by atoms with Gasteiger partial charge in [0.15, 0.2) is 0 Å². The first-order valence-electron chi connectivity index (χ1n) is 11.4. The largest absolute Gasteiger partial charge is 0.492 e. The lowest BCUT2D eigenvalue weighted by atomic mass is 10.0. The Bertz CT molecular complexity index is 1080. The normalized spacial score (nSPS) is 18.5. The van der Waals surface area contributed by atoms with Crippen LogP contribution >= 0.6 is 0 Å². The van der Waals surface area contributed by atoms with Gasteiger partial charge in [0.1, 0.15) is 5.75 Å². The monoisotopic (exact) mass is 488 g/mol. The summed E-state index contributed by atoms with van der Waals surface area (Å²) in [7, 11) is -3.61. The maximum Gasteiger partial charge on any atom is 0.322 e. The number of carbonyl (C=O) groups excluding carboxylic acids is 2. The molecule has 1 aliphatic heterocycles. The first-order valence-corrected chi connectivity index (χ1v) is 13.2. The molecule has 2 aromatic rings. The minimum atomic E-state index is -3.61. The Morgan fingerprint density at radius 2 is 1.79 bits per heavy atom. The van der Waals surface area contributed by atoms with Crippen LogP contribution in [-0.2, 0) is 14.8 Å². The summed E-state index contributed by atoms with van der Waals surface area (Å²) in [6.45, 7) is 3.40. The molecule has 0 spiro atoms. The SMILES string of the molecule is CCOc1ccccc1NC(=O)N1CCCN(S(C)(=O)=O)C(c2ccccc2)CC(=O)NCC1. The molecule has 3 amide bonds. The fourth-order valence-corrected chi connectivity index (χ4v) is 5.09. The van der Waals surface area contributed by atoms with Crippen LogP contribution in [0.2, 0.25) is 0 Å². The van der Waals surface area contributed by atoms with Crippen molar-refractivity contribution in [2.45, 2.75) is 25.8 Å². The van der Waals surface area contributed by atoms with Crippen LogP contribution in [0.15, 0.2) is 54.6 Å². The average molecular weight is 489 g/mol. The second-order valence-electron chi connectivity index (χ2n) is 8.05. The summed E-state index contributed by atoms with van der Waals surface area (Å²) >= 11 is 0. The van der Waals surface area contributed by atoms with Gasteiger partial charge in [0.05, 0.1) is 24.6 Å². The third-order valence-electron chi connectivity index (χ3n) is 5.56. The van der Waals surface area contributed by atoms with Gasteiger partial charge in [-0.2, -0.15) is 4.31 Å². The Hall–Kier alpha value is -3.11. The van der Waals surface area contributed by atoms with Gasteiger partial charge < -0.3 is 20.3 Å². The molecule has 0 aliphatic carbocycles. The second-order valence-corrected chi connectivity index (χ2v) is 9.99. The minimum Gasteiger partial charge on any atom is -0.492 e. The fourth-order valence-electron chi connectivity index (χ4n) is 3.97. The molecular formula is C24H32N4O5S. The molecule has 1 unspecified atom stereocenters. The summed E-state index contributed by atoms with van der Waals surface area (Å²) in [4.78, 5) is 27.3. The molecule has 1 aliphatic rings. The molecule has 34 heavy (non-hydrogen) atoms. The van der Waals surface area contributed by atoms with Crippen LogP contribution in [0.3, 0.4) is 0 Å². The fraction of sp³-hybridized carbons (Fsp3) is 0.417. The molecular weight excluding hydrogens is 456 g/mol. The Kier molecular flexibility index (Phi) is 8.89. The van der Waals surface area contributed by atoms with Crippen LogP contribution in [0.5, 0.6) is 5.75 Å². The number of rotatable bonds is 5. The average Bonchev–Trinajstić information content (AvgIpc) is 2.84. The zero-order valence-corrected chi connectivity index (χ0v) is 20.4. The van der Waals surface area contributed by atoms with E-state index in [1.165, 1.54) is 4.31 Å². The number of ether oxygens (including phenoxy) is 1. The van der Waals surface area contributed by atoms with Gasteiger partial charge in [-0.1, -0.05) is 42.5 Å². The van der Waals surface area contributed by atoms with Crippen molar-refractivity contribution in [2.75, 3.05) is 44.4 Å². The van der Waals surface area contributed by atoms with E-state index in [0.717, 1.165) is 11.8 Å². The summed E-state index contributed by atoms with van der Waals surface area (Å²) in [5.74, 6) is 0.296. The van der Waals surface area contributed by atoms with Crippen molar-refractivity contribution in [1.82, 2.24) is 14.5 Å². The van der Waals surface area contributed by atoms with E-state index >= 15 is 0 Å². The van der Waals surface area contributed by atoms with Crippen molar-refractivity contribution in [3.63, 3.8) is 0 Å². The van der Waals surface area contributed by atoms with Gasteiger partial charge in [0.2, 0.25) is 15.9 Å². The van der Waals surface area contributed by atoms with Crippen molar-refractivity contribution in [2.24, 2.45) is 0 Å². The predicted octanol–water partition coefficient (Wildman–Crippen LogP) is 2.83. The van der Waals surface area contributed by atoms with E-state index in [1.807, 2.05) is 43.3 Å². The van der Waals surface area contributed by atoms with Crippen LogP contribution in [-0.4, -0.2) is 68.6 Å². The summed E-state index contributed by atoms with van der Waals surface area (Å²) in [5.41, 5.74) is 1.30. The van der Waals surface area contributed by atoms with Gasteiger partial charge in [0.25, 0.3) is 0 Å². The van der Waals surface area contributed by atoms with Crippen molar-refractivity contribution < 1.29 is 22.7 Å². The number of nitrogens with zero attached hydrogens (tertiary/aromatic N) is 2. The number of sulfonamides is 1. The zero-order valence-electron chi connectivity index (χ0n) is 19.6. The summed E-state index contributed by atoms with van der Waals surface area (Å²) in [6, 6.07) is 15.4. The molecule has 1 atom stereocenters. The van der Waals surface area contributed by atoms with Crippen molar-refractivity contribution >= 4 is 27.6 Å². The molecule has 10 heteroatoms. The topological polar surface area (TPSA) is 108 Å². The first kappa shape index (κ1) is 25.5. The van der Waals surface area contributed by atoms with E-state index in [2.05, 4.69) is 10.6 Å². The number of hydrogen-bond donors (Lipinski definition) is 2. The third-order valence-corrected chi connectivity index (χ3v) is 6.85. The number of anilines is 1. The van der Waals surface area contributed by atoms with E-state index in [4.69, 9.17) is 4.74 Å². The number of carbonyl (C=O) groups is 2. The van der Waals surface area contributed by atoms with E-state index < -0.39 is 16.1 Å². The number of para-hydroxylation sites is 2. The number of nitrogens with one attached hydrogen (secondary N) is 2. The van der Waals surface area contributed by atoms with Gasteiger partial charge in [-0.05, 0) is 31.0 Å². The van der Waals surface area contributed by atoms with Crippen LogP contribution in [0, 0.1) is 0 Å². The maximum absolute atomic E-state index is 13.0. The van der Waals surface area contributed by atoms with Crippen molar-refractivity contribution in [3.8, 4) is 5.75 Å². The molecule has 1 heterocycles. The highest BCUT2D eigenvalue weighted by atomic mass is 32.2. The number of amides is 3. The Morgan fingerprint density at radius 3 is 2.50 bits per heavy atom. The van der Waals surface area contributed by atoms with Crippen LogP contribution in [0.25, 0.3) is 0 Å². The molecule has 1 saturated heterocycles. The highest BCUT2D eigenvalue weighted by Gasteiger charge is 2.30. The molecule has 2 aromatic carbocycles. The minimum absolute atomic E-state index is 0.00497. The lowest BCUT2D eigenvalue weighted by Crippen LogP contribution is -2.41. The van der Waals surface area contributed by atoms with Gasteiger partial charge >= 0.3 is 6.03 Å². The molecule has 0 aromatic heterocycles. The molecule has 0 bridgehead atoms. The van der Waals surface area contributed by atoms with Crippen LogP contribution < -0.4 is 15.4 Å². The molecule has 3 rings (SSSR count). The molecule has 2 N–H and O–H groups in total. The van der Waals surface area contributed by atoms with E-state index in [1.54, 1.807) is 23.1 Å². The van der Waals surface area contributed by atoms with Gasteiger partial charge in [-0.25, -0.2) is 13.2 Å². The van der Waals surface area contributed by atoms with Crippen LogP contribution in [0.1, 0.15) is 31.4 Å². The Balaban J connectivity index is 1.79. The third kappa shape index (κ3) is 6.94. The van der Waals surface area contributed by atoms with Gasteiger partial charge in [-0.15, -0.1) is 0 Å². The lowest BCUT2D eigenvalue weighted by molar-refractivity contribution is -0.122. The van der Waals surface area contributed by atoms with Gasteiger partial charge in [-0.3, -0.25) is 4.79 Å². The maximum atomic E-state index is 13.0. The molecule has 9 nitrogen and oxygen atoms in total. The lowest BCUT2D eigenvalue weighted by Gasteiger charge is -2.30. The standard InChI is InChI=1S/C24H32N4O5S/c1-3-33-22-13-8-7-12-20(22)26-24(30)27-15-9-16-28(34(2,31)32)21(18-23(29)25-14-17-27)19-10-5-4-6-11-19/h4-8,10-13,21H,3,9,14-18H2,1-2H3,(H,25,29)(H,26,30). The quantitative estimate of drug-likeness (QED) is 0.673. The Labute approximate surface area is 201 Å². The Morgan fingerprint density at radius 1 is 1.09 bits per heavy atom. The number of benzene rings is 2. The number of urea groups is 1. The van der Waals surface area contributed by atoms with Crippen LogP contribution in [0.4, 0.5) is 10.5 Å². The first-order chi connectivity index (χ1) is 16.3. The van der Waals surface area contributed by atoms with E-state index in [0.29, 0.717) is 37.6 Å². The van der Waals surface area contributed by atoms with E-state index in [9.17, 15) is 18.0 Å². The molecule has 0 saturated carbocycles. The second kappa shape index (κ2) is 11.8. The smallest absolute Gasteiger partial charge is 0.322 e. The summed E-state index contributed by atoms with van der Waals surface area (Å²) in [5, 5.41) is 5.70. The van der Waals surface area contributed by atoms with Gasteiger partial charge in [0, 0.05) is 32.6 Å². The molecule has 1 fully saturated rings. The highest BCUT2D eigenvalue weighted by molar-refractivity contribution is 7.88. The van der Waals surface area contributed by atoms with Crippen molar-refractivity contribution in [3.05, 3.63) is 60.2 Å². The predicted molar refractivity (Wildman–Crippen MR) is 131 cm³/mol.